The molecule has 1 N–H and O–H groups in total. The van der Waals surface area contributed by atoms with Gasteiger partial charge >= 0.3 is 0 Å². The summed E-state index contributed by atoms with van der Waals surface area (Å²) in [4.78, 5) is 3.87. The van der Waals surface area contributed by atoms with E-state index in [1.54, 1.807) is 0 Å². The average Bonchev–Trinajstić information content (AvgIpc) is 2.68. The highest BCUT2D eigenvalue weighted by molar-refractivity contribution is 7.83. The third kappa shape index (κ3) is 3.32. The van der Waals surface area contributed by atoms with Crippen molar-refractivity contribution in [1.82, 2.24) is 0 Å². The molecule has 0 heterocycles. The third-order valence-electron chi connectivity index (χ3n) is 4.16. The molecule has 3 heteroatoms. The number of rotatable bonds is 5. The predicted octanol–water partition coefficient (Wildman–Crippen LogP) is 5.90. The zero-order valence-electron chi connectivity index (χ0n) is 13.7. The minimum Gasteiger partial charge on any atom is -0.300 e. The predicted molar refractivity (Wildman–Crippen MR) is 112 cm³/mol. The van der Waals surface area contributed by atoms with Crippen LogP contribution in [-0.2, 0) is 0 Å². The van der Waals surface area contributed by atoms with Gasteiger partial charge in [-0.2, -0.15) is 0 Å². The summed E-state index contributed by atoms with van der Waals surface area (Å²) in [6.07, 6.45) is 0. The fourth-order valence-corrected chi connectivity index (χ4v) is 3.07. The van der Waals surface area contributed by atoms with Crippen LogP contribution in [0, 0.1) is 5.41 Å². The Morgan fingerprint density at radius 3 is 2.48 bits per heavy atom. The topological polar surface area (TPSA) is 36.2 Å². The molecule has 3 aromatic rings. The highest BCUT2D eigenvalue weighted by atomic mass is 32.1. The summed E-state index contributed by atoms with van der Waals surface area (Å²) in [5.41, 5.74) is 4.31. The van der Waals surface area contributed by atoms with Gasteiger partial charge in [-0.3, -0.25) is 10.4 Å². The van der Waals surface area contributed by atoms with Crippen LogP contribution >= 0.6 is 12.6 Å². The van der Waals surface area contributed by atoms with Crippen molar-refractivity contribution in [2.75, 3.05) is 0 Å². The quantitative estimate of drug-likeness (QED) is 0.329. The van der Waals surface area contributed by atoms with Crippen LogP contribution < -0.4 is 0 Å². The first-order valence-corrected chi connectivity index (χ1v) is 8.35. The van der Waals surface area contributed by atoms with Crippen LogP contribution in [0.2, 0.25) is 0 Å². The second-order valence-electron chi connectivity index (χ2n) is 5.63. The molecule has 25 heavy (non-hydrogen) atoms. The Morgan fingerprint density at radius 1 is 1.00 bits per heavy atom. The fourth-order valence-electron chi connectivity index (χ4n) is 2.84. The molecule has 122 valence electrons. The normalized spacial score (nSPS) is 11.3. The summed E-state index contributed by atoms with van der Waals surface area (Å²) >= 11 is 4.11. The first kappa shape index (κ1) is 16.9. The molecule has 0 spiro atoms. The lowest BCUT2D eigenvalue weighted by atomic mass is 9.94. The van der Waals surface area contributed by atoms with Gasteiger partial charge in [0.2, 0.25) is 0 Å². The van der Waals surface area contributed by atoms with E-state index in [4.69, 9.17) is 5.41 Å². The molecular weight excluding hydrogens is 324 g/mol. The van der Waals surface area contributed by atoms with E-state index >= 15 is 0 Å². The number of allylic oxidation sites excluding steroid dienone is 1. The highest BCUT2D eigenvalue weighted by Crippen LogP contribution is 2.29. The number of nitrogens with zero attached hydrogens (tertiary/aromatic N) is 1. The van der Waals surface area contributed by atoms with E-state index in [0.717, 1.165) is 16.7 Å². The molecule has 2 nitrogen and oxygen atoms in total. The minimum absolute atomic E-state index is 0.315. The van der Waals surface area contributed by atoms with Crippen molar-refractivity contribution in [3.8, 4) is 11.1 Å². The van der Waals surface area contributed by atoms with Gasteiger partial charge in [0.25, 0.3) is 0 Å². The summed E-state index contributed by atoms with van der Waals surface area (Å²) in [5.74, 6) is 0. The fraction of sp³-hybridized carbons (Fsp3) is 0. The number of nitrogens with one attached hydrogen (secondary N) is 1. The van der Waals surface area contributed by atoms with Crippen LogP contribution in [0.15, 0.2) is 95.0 Å². The molecule has 0 aliphatic heterocycles. The van der Waals surface area contributed by atoms with Crippen molar-refractivity contribution in [2.24, 2.45) is 4.99 Å². The van der Waals surface area contributed by atoms with Crippen LogP contribution in [0.5, 0.6) is 0 Å². The van der Waals surface area contributed by atoms with Crippen molar-refractivity contribution in [3.63, 3.8) is 0 Å². The van der Waals surface area contributed by atoms with Gasteiger partial charge in [-0.25, -0.2) is 0 Å². The number of hydrogen-bond acceptors (Lipinski definition) is 3. The number of hydrogen-bond donors (Lipinski definition) is 2. The minimum atomic E-state index is 0.315. The van der Waals surface area contributed by atoms with Gasteiger partial charge in [-0.1, -0.05) is 67.2 Å². The van der Waals surface area contributed by atoms with Gasteiger partial charge in [0.05, 0.1) is 11.4 Å². The molecule has 0 aliphatic carbocycles. The van der Waals surface area contributed by atoms with Crippen molar-refractivity contribution in [3.05, 3.63) is 95.6 Å². The zero-order valence-corrected chi connectivity index (χ0v) is 14.6. The van der Waals surface area contributed by atoms with Gasteiger partial charge in [0, 0.05) is 11.1 Å². The molecule has 0 amide bonds. The lowest BCUT2D eigenvalue weighted by Gasteiger charge is -2.11. The van der Waals surface area contributed by atoms with Crippen LogP contribution in [0.1, 0.15) is 5.56 Å². The first-order valence-electron chi connectivity index (χ1n) is 7.83. The third-order valence-corrected chi connectivity index (χ3v) is 4.40. The summed E-state index contributed by atoms with van der Waals surface area (Å²) in [6, 6.07) is 22.5. The van der Waals surface area contributed by atoms with Crippen LogP contribution in [0.3, 0.4) is 0 Å². The van der Waals surface area contributed by atoms with Gasteiger partial charge in [0.15, 0.2) is 0 Å². The van der Waals surface area contributed by atoms with Crippen molar-refractivity contribution >= 4 is 35.8 Å². The number of fused-ring (bicyclic) bond motifs is 1. The van der Waals surface area contributed by atoms with Crippen molar-refractivity contribution in [1.29, 1.82) is 5.41 Å². The van der Waals surface area contributed by atoms with Gasteiger partial charge in [-0.15, -0.1) is 12.6 Å². The number of thiol groups is 1. The van der Waals surface area contributed by atoms with Crippen molar-refractivity contribution in [2.45, 2.75) is 0 Å². The molecule has 3 rings (SSSR count). The van der Waals surface area contributed by atoms with E-state index in [-0.39, 0.29) is 0 Å². The molecule has 0 aliphatic rings. The van der Waals surface area contributed by atoms with E-state index in [9.17, 15) is 0 Å². The standard InChI is InChI=1S/C22H18N2S/c1-15(21(14-25)24-2)22(23)18-10-5-9-17(13-18)20-12-6-8-16-7-3-4-11-19(16)20/h3-14,23,25H,1-2H2/b21-14+,23-22?. The Kier molecular flexibility index (Phi) is 4.96. The maximum Gasteiger partial charge on any atom is 0.0770 e. The van der Waals surface area contributed by atoms with Crippen molar-refractivity contribution < 1.29 is 0 Å². The number of aliphatic imine (C=N–C) groups is 1. The summed E-state index contributed by atoms with van der Waals surface area (Å²) in [6.45, 7) is 7.45. The SMILES string of the molecule is C=N/C(=C/S)C(=C)C(=N)c1cccc(-c2cccc3ccccc23)c1. The molecule has 3 aromatic carbocycles. The van der Waals surface area contributed by atoms with Gasteiger partial charge in [-0.05, 0) is 40.1 Å². The first-order chi connectivity index (χ1) is 12.2. The summed E-state index contributed by atoms with van der Waals surface area (Å²) in [5, 5.41) is 12.3. The largest absolute Gasteiger partial charge is 0.300 e. The molecule has 0 radical (unpaired) electrons. The van der Waals surface area contributed by atoms with E-state index in [1.165, 1.54) is 16.2 Å². The van der Waals surface area contributed by atoms with E-state index < -0.39 is 0 Å². The van der Waals surface area contributed by atoms with Crippen LogP contribution in [-0.4, -0.2) is 12.4 Å². The Hall–Kier alpha value is -2.91. The summed E-state index contributed by atoms with van der Waals surface area (Å²) in [7, 11) is 0. The molecule has 0 unspecified atom stereocenters. The van der Waals surface area contributed by atoms with Gasteiger partial charge < -0.3 is 0 Å². The smallest absolute Gasteiger partial charge is 0.0770 e. The molecular formula is C22H18N2S. The number of benzene rings is 3. The molecule has 0 bridgehead atoms. The van der Waals surface area contributed by atoms with Crippen LogP contribution in [0.4, 0.5) is 0 Å². The van der Waals surface area contributed by atoms with E-state index in [2.05, 4.69) is 67.3 Å². The van der Waals surface area contributed by atoms with Crippen LogP contribution in [0.25, 0.3) is 21.9 Å². The second-order valence-corrected chi connectivity index (χ2v) is 5.89. The molecule has 0 saturated carbocycles. The highest BCUT2D eigenvalue weighted by Gasteiger charge is 2.11. The lowest BCUT2D eigenvalue weighted by molar-refractivity contribution is 1.37. The molecule has 0 aromatic heterocycles. The molecule has 0 saturated heterocycles. The summed E-state index contributed by atoms with van der Waals surface area (Å²) < 4.78 is 0. The maximum absolute atomic E-state index is 8.43. The Labute approximate surface area is 153 Å². The molecule has 0 atom stereocenters. The zero-order chi connectivity index (χ0) is 17.8. The lowest BCUT2D eigenvalue weighted by Crippen LogP contribution is -2.04. The Bertz CT molecular complexity index is 1010. The van der Waals surface area contributed by atoms with Gasteiger partial charge in [0.1, 0.15) is 0 Å². The van der Waals surface area contributed by atoms with E-state index in [1.807, 2.05) is 30.3 Å². The van der Waals surface area contributed by atoms with E-state index in [0.29, 0.717) is 17.0 Å². The molecule has 0 fully saturated rings. The Morgan fingerprint density at radius 2 is 1.72 bits per heavy atom. The average molecular weight is 342 g/mol. The Balaban J connectivity index is 2.06. The monoisotopic (exact) mass is 342 g/mol. The maximum atomic E-state index is 8.43. The second kappa shape index (κ2) is 7.32.